The summed E-state index contributed by atoms with van der Waals surface area (Å²) >= 11 is 0. The molecule has 2 heterocycles. The number of fused-ring (bicyclic) bond motifs is 1. The molecule has 0 unspecified atom stereocenters. The van der Waals surface area contributed by atoms with Gasteiger partial charge in [-0.15, -0.1) is 0 Å². The Morgan fingerprint density at radius 3 is 2.44 bits per heavy atom. The molecule has 1 saturated heterocycles. The first-order valence-electron chi connectivity index (χ1n) is 8.66. The summed E-state index contributed by atoms with van der Waals surface area (Å²) in [5.74, 6) is 0.852. The molecule has 7 nitrogen and oxygen atoms in total. The molecular formula is C18H21N3O4. The van der Waals surface area contributed by atoms with Gasteiger partial charge in [0.25, 0.3) is 11.8 Å². The summed E-state index contributed by atoms with van der Waals surface area (Å²) < 4.78 is 5.39. The topological polar surface area (TPSA) is 70.2 Å². The zero-order chi connectivity index (χ0) is 17.6. The van der Waals surface area contributed by atoms with Gasteiger partial charge in [0.15, 0.2) is 6.61 Å². The summed E-state index contributed by atoms with van der Waals surface area (Å²) in [5.41, 5.74) is 1.15. The van der Waals surface area contributed by atoms with Gasteiger partial charge < -0.3 is 19.4 Å². The highest BCUT2D eigenvalue weighted by molar-refractivity contribution is 6.01. The Morgan fingerprint density at radius 1 is 1.08 bits per heavy atom. The normalized spacial score (nSPS) is 20.2. The van der Waals surface area contributed by atoms with Crippen molar-refractivity contribution < 1.29 is 19.1 Å². The second kappa shape index (κ2) is 6.06. The molecule has 1 saturated carbocycles. The van der Waals surface area contributed by atoms with Crippen LogP contribution in [0.4, 0.5) is 5.69 Å². The van der Waals surface area contributed by atoms with E-state index >= 15 is 0 Å². The van der Waals surface area contributed by atoms with Crippen LogP contribution < -0.4 is 9.64 Å². The molecule has 0 atom stereocenters. The summed E-state index contributed by atoms with van der Waals surface area (Å²) in [6.07, 6.45) is 2.00. The monoisotopic (exact) mass is 343 g/mol. The van der Waals surface area contributed by atoms with Crippen molar-refractivity contribution in [2.24, 2.45) is 5.92 Å². The second-order valence-electron chi connectivity index (χ2n) is 6.82. The van der Waals surface area contributed by atoms with Gasteiger partial charge in [-0.2, -0.15) is 0 Å². The van der Waals surface area contributed by atoms with E-state index < -0.39 is 0 Å². The number of hydrogen-bond acceptors (Lipinski definition) is 4. The molecule has 0 N–H and O–H groups in total. The van der Waals surface area contributed by atoms with Crippen LogP contribution in [0.5, 0.6) is 5.75 Å². The van der Waals surface area contributed by atoms with Gasteiger partial charge in [-0.1, -0.05) is 0 Å². The molecular weight excluding hydrogens is 322 g/mol. The molecule has 1 aromatic rings. The maximum absolute atomic E-state index is 12.8. The molecule has 3 amide bonds. The fourth-order valence-corrected chi connectivity index (χ4v) is 3.31. The lowest BCUT2D eigenvalue weighted by atomic mass is 10.1. The van der Waals surface area contributed by atoms with Crippen molar-refractivity contribution in [3.63, 3.8) is 0 Å². The van der Waals surface area contributed by atoms with Crippen molar-refractivity contribution in [2.45, 2.75) is 12.8 Å². The standard InChI is InChI=1S/C18H21N3O4/c1-19-14-10-13(4-5-15(14)25-11-16(19)22)18(24)21-8-6-20(7-9-21)17(23)12-2-3-12/h4-5,10,12H,2-3,6-9,11H2,1H3. The molecule has 4 rings (SSSR count). The Labute approximate surface area is 146 Å². The number of hydrogen-bond donors (Lipinski definition) is 0. The molecule has 2 aliphatic heterocycles. The third-order valence-electron chi connectivity index (χ3n) is 5.10. The highest BCUT2D eigenvalue weighted by Crippen LogP contribution is 2.33. The molecule has 1 aromatic carbocycles. The number of anilines is 1. The van der Waals surface area contributed by atoms with Crippen LogP contribution in [-0.4, -0.2) is 67.4 Å². The Morgan fingerprint density at radius 2 is 1.76 bits per heavy atom. The van der Waals surface area contributed by atoms with E-state index in [2.05, 4.69) is 0 Å². The van der Waals surface area contributed by atoms with Crippen molar-refractivity contribution in [1.29, 1.82) is 0 Å². The molecule has 0 radical (unpaired) electrons. The summed E-state index contributed by atoms with van der Waals surface area (Å²) in [4.78, 5) is 41.8. The van der Waals surface area contributed by atoms with E-state index in [4.69, 9.17) is 4.74 Å². The van der Waals surface area contributed by atoms with Gasteiger partial charge in [-0.05, 0) is 31.0 Å². The predicted octanol–water partition coefficient (Wildman–Crippen LogP) is 0.736. The van der Waals surface area contributed by atoms with Crippen molar-refractivity contribution in [3.8, 4) is 5.75 Å². The maximum atomic E-state index is 12.8. The van der Waals surface area contributed by atoms with Crippen LogP contribution >= 0.6 is 0 Å². The highest BCUT2D eigenvalue weighted by atomic mass is 16.5. The zero-order valence-electron chi connectivity index (χ0n) is 14.2. The van der Waals surface area contributed by atoms with E-state index in [0.29, 0.717) is 43.2 Å². The number of carbonyl (C=O) groups is 3. The minimum Gasteiger partial charge on any atom is -0.482 e. The lowest BCUT2D eigenvalue weighted by molar-refractivity contribution is -0.134. The lowest BCUT2D eigenvalue weighted by Gasteiger charge is -2.35. The molecule has 2 fully saturated rings. The number of rotatable bonds is 2. The first kappa shape index (κ1) is 15.9. The molecule has 3 aliphatic rings. The Hall–Kier alpha value is -2.57. The van der Waals surface area contributed by atoms with Crippen LogP contribution in [0.1, 0.15) is 23.2 Å². The molecule has 0 spiro atoms. The van der Waals surface area contributed by atoms with Crippen LogP contribution in [0, 0.1) is 5.92 Å². The van der Waals surface area contributed by atoms with Gasteiger partial charge in [0.05, 0.1) is 5.69 Å². The lowest BCUT2D eigenvalue weighted by Crippen LogP contribution is -2.51. The van der Waals surface area contributed by atoms with Crippen LogP contribution in [0.2, 0.25) is 0 Å². The Bertz CT molecular complexity index is 736. The minimum absolute atomic E-state index is 0.0216. The van der Waals surface area contributed by atoms with E-state index in [1.807, 2.05) is 4.90 Å². The quantitative estimate of drug-likeness (QED) is 0.794. The van der Waals surface area contributed by atoms with Gasteiger partial charge >= 0.3 is 0 Å². The number of amides is 3. The average molecular weight is 343 g/mol. The van der Waals surface area contributed by atoms with Crippen molar-refractivity contribution in [3.05, 3.63) is 23.8 Å². The van der Waals surface area contributed by atoms with Gasteiger partial charge in [0, 0.05) is 44.7 Å². The molecule has 7 heteroatoms. The Balaban J connectivity index is 1.45. The zero-order valence-corrected chi connectivity index (χ0v) is 14.2. The van der Waals surface area contributed by atoms with Crippen molar-refractivity contribution >= 4 is 23.4 Å². The first-order valence-corrected chi connectivity index (χ1v) is 8.66. The van der Waals surface area contributed by atoms with Gasteiger partial charge in [0.2, 0.25) is 5.91 Å². The summed E-state index contributed by atoms with van der Waals surface area (Å²) in [6, 6.07) is 5.17. The van der Waals surface area contributed by atoms with E-state index in [0.717, 1.165) is 12.8 Å². The number of likely N-dealkylation sites (N-methyl/N-ethyl adjacent to an activating group) is 1. The predicted molar refractivity (Wildman–Crippen MR) is 90.6 cm³/mol. The van der Waals surface area contributed by atoms with Crippen LogP contribution in [-0.2, 0) is 9.59 Å². The SMILES string of the molecule is CN1C(=O)COc2ccc(C(=O)N3CCN(C(=O)C4CC4)CC3)cc21. The number of ether oxygens (including phenoxy) is 1. The van der Waals surface area contributed by atoms with Gasteiger partial charge in [0.1, 0.15) is 5.75 Å². The summed E-state index contributed by atoms with van der Waals surface area (Å²) in [7, 11) is 1.68. The third-order valence-corrected chi connectivity index (χ3v) is 5.10. The van der Waals surface area contributed by atoms with Crippen molar-refractivity contribution in [1.82, 2.24) is 9.80 Å². The third kappa shape index (κ3) is 2.94. The van der Waals surface area contributed by atoms with Crippen LogP contribution in [0.3, 0.4) is 0 Å². The molecule has 25 heavy (non-hydrogen) atoms. The minimum atomic E-state index is -0.135. The summed E-state index contributed by atoms with van der Waals surface area (Å²) in [6.45, 7) is 2.29. The largest absolute Gasteiger partial charge is 0.482 e. The molecule has 1 aliphatic carbocycles. The average Bonchev–Trinajstić information content (AvgIpc) is 3.49. The Kier molecular flexibility index (Phi) is 3.86. The number of piperazine rings is 1. The van der Waals surface area contributed by atoms with Gasteiger partial charge in [-0.3, -0.25) is 14.4 Å². The smallest absolute Gasteiger partial charge is 0.264 e. The number of benzene rings is 1. The molecule has 0 aromatic heterocycles. The van der Waals surface area contributed by atoms with E-state index in [-0.39, 0.29) is 30.2 Å². The molecule has 0 bridgehead atoms. The highest BCUT2D eigenvalue weighted by Gasteiger charge is 2.35. The van der Waals surface area contributed by atoms with E-state index in [9.17, 15) is 14.4 Å². The van der Waals surface area contributed by atoms with Crippen LogP contribution in [0.25, 0.3) is 0 Å². The van der Waals surface area contributed by atoms with Gasteiger partial charge in [-0.25, -0.2) is 0 Å². The maximum Gasteiger partial charge on any atom is 0.264 e. The second-order valence-corrected chi connectivity index (χ2v) is 6.82. The first-order chi connectivity index (χ1) is 12.0. The van der Waals surface area contributed by atoms with E-state index in [1.165, 1.54) is 4.90 Å². The van der Waals surface area contributed by atoms with Crippen molar-refractivity contribution in [2.75, 3.05) is 44.7 Å². The van der Waals surface area contributed by atoms with E-state index in [1.54, 1.807) is 30.1 Å². The van der Waals surface area contributed by atoms with Crippen LogP contribution in [0.15, 0.2) is 18.2 Å². The fourth-order valence-electron chi connectivity index (χ4n) is 3.31. The summed E-state index contributed by atoms with van der Waals surface area (Å²) in [5, 5.41) is 0. The number of nitrogens with zero attached hydrogens (tertiary/aromatic N) is 3. The fraction of sp³-hybridized carbons (Fsp3) is 0.500. The number of carbonyl (C=O) groups excluding carboxylic acids is 3. The molecule has 132 valence electrons.